The maximum atomic E-state index is 12.7. The summed E-state index contributed by atoms with van der Waals surface area (Å²) >= 11 is 5.95. The predicted octanol–water partition coefficient (Wildman–Crippen LogP) is 2.34. The van der Waals surface area contributed by atoms with E-state index in [0.717, 1.165) is 6.54 Å². The summed E-state index contributed by atoms with van der Waals surface area (Å²) in [6.07, 6.45) is 1.56. The number of carbonyl (C=O) groups excluding carboxylic acids is 1. The second-order valence-electron chi connectivity index (χ2n) is 4.93. The summed E-state index contributed by atoms with van der Waals surface area (Å²) in [5.41, 5.74) is 0.967. The Labute approximate surface area is 129 Å². The number of likely N-dealkylation sites (N-methyl/N-ethyl adjacent to an activating group) is 1. The number of halogens is 1. The van der Waals surface area contributed by atoms with Crippen LogP contribution in [0.4, 0.5) is 0 Å². The zero-order valence-electron chi connectivity index (χ0n) is 12.3. The van der Waals surface area contributed by atoms with Crippen molar-refractivity contribution in [3.05, 3.63) is 46.7 Å². The van der Waals surface area contributed by atoms with E-state index in [-0.39, 0.29) is 5.78 Å². The number of rotatable bonds is 6. The molecule has 1 aromatic carbocycles. The number of ketones is 1. The van der Waals surface area contributed by atoms with Crippen molar-refractivity contribution in [2.75, 3.05) is 27.7 Å². The second kappa shape index (κ2) is 6.74. The topological polar surface area (TPSA) is 47.4 Å². The van der Waals surface area contributed by atoms with Crippen LogP contribution in [0.3, 0.4) is 0 Å². The Morgan fingerprint density at radius 2 is 2.19 bits per heavy atom. The zero-order chi connectivity index (χ0) is 15.4. The standard InChI is InChI=1S/C15H18ClN3O2/c1-18(2)7-8-19-14(13(21-3)10-17-19)15(20)11-5-4-6-12(16)9-11/h4-6,9-10H,7-8H2,1-3H3. The molecule has 21 heavy (non-hydrogen) atoms. The van der Waals surface area contributed by atoms with E-state index in [1.807, 2.05) is 19.0 Å². The Balaban J connectivity index is 2.36. The number of ether oxygens (including phenoxy) is 1. The van der Waals surface area contributed by atoms with E-state index >= 15 is 0 Å². The Hall–Kier alpha value is -1.85. The SMILES string of the molecule is COc1cnn(CCN(C)C)c1C(=O)c1cccc(Cl)c1. The van der Waals surface area contributed by atoms with Gasteiger partial charge in [0.15, 0.2) is 11.4 Å². The van der Waals surface area contributed by atoms with Crippen molar-refractivity contribution in [1.29, 1.82) is 0 Å². The molecule has 0 saturated heterocycles. The summed E-state index contributed by atoms with van der Waals surface area (Å²) in [7, 11) is 5.47. The molecule has 2 aromatic rings. The largest absolute Gasteiger partial charge is 0.493 e. The van der Waals surface area contributed by atoms with Gasteiger partial charge in [0.1, 0.15) is 0 Å². The maximum Gasteiger partial charge on any atom is 0.214 e. The average Bonchev–Trinajstić information content (AvgIpc) is 2.87. The van der Waals surface area contributed by atoms with Crippen LogP contribution in [-0.2, 0) is 6.54 Å². The first-order chi connectivity index (χ1) is 10.0. The first-order valence-electron chi connectivity index (χ1n) is 6.57. The molecule has 0 saturated carbocycles. The molecule has 0 aliphatic rings. The molecule has 5 nitrogen and oxygen atoms in total. The number of nitrogens with zero attached hydrogens (tertiary/aromatic N) is 3. The predicted molar refractivity (Wildman–Crippen MR) is 82.2 cm³/mol. The van der Waals surface area contributed by atoms with Gasteiger partial charge in [-0.25, -0.2) is 0 Å². The van der Waals surface area contributed by atoms with Gasteiger partial charge in [-0.05, 0) is 26.2 Å². The van der Waals surface area contributed by atoms with Crippen molar-refractivity contribution < 1.29 is 9.53 Å². The molecule has 0 spiro atoms. The first kappa shape index (κ1) is 15.5. The lowest BCUT2D eigenvalue weighted by Gasteiger charge is -2.12. The smallest absolute Gasteiger partial charge is 0.214 e. The number of hydrogen-bond donors (Lipinski definition) is 0. The molecule has 0 amide bonds. The molecule has 112 valence electrons. The van der Waals surface area contributed by atoms with Crippen LogP contribution in [0.2, 0.25) is 5.02 Å². The van der Waals surface area contributed by atoms with Gasteiger partial charge in [0.2, 0.25) is 5.78 Å². The Kier molecular flexibility index (Phi) is 4.98. The molecule has 0 aliphatic carbocycles. The molecule has 0 bridgehead atoms. The third-order valence-corrected chi connectivity index (χ3v) is 3.32. The quantitative estimate of drug-likeness (QED) is 0.769. The van der Waals surface area contributed by atoms with Crippen LogP contribution < -0.4 is 4.74 Å². The minimum atomic E-state index is -0.148. The molecule has 0 fully saturated rings. The highest BCUT2D eigenvalue weighted by molar-refractivity contribution is 6.31. The lowest BCUT2D eigenvalue weighted by Crippen LogP contribution is -2.22. The molecular formula is C15H18ClN3O2. The minimum absolute atomic E-state index is 0.148. The number of aromatic nitrogens is 2. The van der Waals surface area contributed by atoms with Crippen molar-refractivity contribution in [2.45, 2.75) is 6.54 Å². The lowest BCUT2D eigenvalue weighted by atomic mass is 10.1. The fourth-order valence-electron chi connectivity index (χ4n) is 1.98. The maximum absolute atomic E-state index is 12.7. The second-order valence-corrected chi connectivity index (χ2v) is 5.36. The molecule has 2 rings (SSSR count). The normalized spacial score (nSPS) is 10.9. The molecule has 1 aromatic heterocycles. The van der Waals surface area contributed by atoms with E-state index in [0.29, 0.717) is 28.6 Å². The molecule has 0 atom stereocenters. The summed E-state index contributed by atoms with van der Waals surface area (Å²) in [5.74, 6) is 0.323. The third kappa shape index (κ3) is 3.62. The van der Waals surface area contributed by atoms with Crippen molar-refractivity contribution in [1.82, 2.24) is 14.7 Å². The number of hydrogen-bond acceptors (Lipinski definition) is 4. The van der Waals surface area contributed by atoms with E-state index in [1.165, 1.54) is 7.11 Å². The van der Waals surface area contributed by atoms with Gasteiger partial charge >= 0.3 is 0 Å². The van der Waals surface area contributed by atoms with E-state index in [1.54, 1.807) is 35.1 Å². The van der Waals surface area contributed by atoms with Gasteiger partial charge in [-0.3, -0.25) is 9.48 Å². The molecule has 0 aliphatic heterocycles. The number of methoxy groups -OCH3 is 1. The Bertz CT molecular complexity index is 638. The van der Waals surface area contributed by atoms with Crippen LogP contribution in [0.1, 0.15) is 16.1 Å². The van der Waals surface area contributed by atoms with Crippen LogP contribution in [0.25, 0.3) is 0 Å². The summed E-state index contributed by atoms with van der Waals surface area (Å²) in [4.78, 5) is 14.7. The molecule has 0 radical (unpaired) electrons. The monoisotopic (exact) mass is 307 g/mol. The molecule has 1 heterocycles. The van der Waals surface area contributed by atoms with Crippen molar-refractivity contribution in [2.24, 2.45) is 0 Å². The molecule has 0 unspecified atom stereocenters. The highest BCUT2D eigenvalue weighted by Gasteiger charge is 2.21. The Morgan fingerprint density at radius 1 is 1.43 bits per heavy atom. The summed E-state index contributed by atoms with van der Waals surface area (Å²) in [6.45, 7) is 1.39. The van der Waals surface area contributed by atoms with E-state index in [4.69, 9.17) is 16.3 Å². The van der Waals surface area contributed by atoms with Crippen LogP contribution in [0.15, 0.2) is 30.5 Å². The summed E-state index contributed by atoms with van der Waals surface area (Å²) in [6, 6.07) is 6.87. The van der Waals surface area contributed by atoms with Crippen LogP contribution in [0.5, 0.6) is 5.75 Å². The number of carbonyl (C=O) groups is 1. The van der Waals surface area contributed by atoms with Gasteiger partial charge in [-0.2, -0.15) is 5.10 Å². The van der Waals surface area contributed by atoms with E-state index in [9.17, 15) is 4.79 Å². The van der Waals surface area contributed by atoms with Gasteiger partial charge in [0.05, 0.1) is 19.9 Å². The van der Waals surface area contributed by atoms with Crippen LogP contribution in [0, 0.1) is 0 Å². The van der Waals surface area contributed by atoms with Crippen molar-refractivity contribution >= 4 is 17.4 Å². The highest BCUT2D eigenvalue weighted by Crippen LogP contribution is 2.22. The minimum Gasteiger partial charge on any atom is -0.493 e. The van der Waals surface area contributed by atoms with Crippen LogP contribution >= 0.6 is 11.6 Å². The number of benzene rings is 1. The fourth-order valence-corrected chi connectivity index (χ4v) is 2.17. The molecular weight excluding hydrogens is 290 g/mol. The Morgan fingerprint density at radius 3 is 2.81 bits per heavy atom. The average molecular weight is 308 g/mol. The summed E-state index contributed by atoms with van der Waals surface area (Å²) in [5, 5.41) is 4.77. The first-order valence-corrected chi connectivity index (χ1v) is 6.95. The van der Waals surface area contributed by atoms with E-state index < -0.39 is 0 Å². The van der Waals surface area contributed by atoms with Crippen LogP contribution in [-0.4, -0.2) is 48.2 Å². The van der Waals surface area contributed by atoms with Crippen molar-refractivity contribution in [3.8, 4) is 5.75 Å². The summed E-state index contributed by atoms with van der Waals surface area (Å²) < 4.78 is 6.92. The van der Waals surface area contributed by atoms with Gasteiger partial charge in [0, 0.05) is 17.1 Å². The van der Waals surface area contributed by atoms with Gasteiger partial charge < -0.3 is 9.64 Å². The van der Waals surface area contributed by atoms with Gasteiger partial charge in [0.25, 0.3) is 0 Å². The van der Waals surface area contributed by atoms with E-state index in [2.05, 4.69) is 5.10 Å². The highest BCUT2D eigenvalue weighted by atomic mass is 35.5. The lowest BCUT2D eigenvalue weighted by molar-refractivity contribution is 0.102. The van der Waals surface area contributed by atoms with Crippen molar-refractivity contribution in [3.63, 3.8) is 0 Å². The zero-order valence-corrected chi connectivity index (χ0v) is 13.1. The molecule has 0 N–H and O–H groups in total. The fraction of sp³-hybridized carbons (Fsp3) is 0.333. The van der Waals surface area contributed by atoms with Gasteiger partial charge in [-0.15, -0.1) is 0 Å². The molecule has 6 heteroatoms. The third-order valence-electron chi connectivity index (χ3n) is 3.09. The van der Waals surface area contributed by atoms with Gasteiger partial charge in [-0.1, -0.05) is 23.7 Å².